The summed E-state index contributed by atoms with van der Waals surface area (Å²) in [6.07, 6.45) is 9.80. The third kappa shape index (κ3) is 3.78. The van der Waals surface area contributed by atoms with Crippen LogP contribution in [0.25, 0.3) is 0 Å². The Morgan fingerprint density at radius 3 is 2.56 bits per heavy atom. The van der Waals surface area contributed by atoms with Gasteiger partial charge in [-0.3, -0.25) is 0 Å². The molecule has 1 heterocycles. The van der Waals surface area contributed by atoms with Crippen molar-refractivity contribution < 1.29 is 0 Å². The molecule has 1 N–H and O–H groups in total. The minimum Gasteiger partial charge on any atom is -0.372 e. The molecule has 0 unspecified atom stereocenters. The lowest BCUT2D eigenvalue weighted by Gasteiger charge is -2.17. The van der Waals surface area contributed by atoms with Gasteiger partial charge >= 0.3 is 0 Å². The first-order valence-electron chi connectivity index (χ1n) is 6.88. The van der Waals surface area contributed by atoms with Gasteiger partial charge in [-0.05, 0) is 43.5 Å². The summed E-state index contributed by atoms with van der Waals surface area (Å²) in [5.41, 5.74) is 2.71. The molecular formula is C16H22N2. The van der Waals surface area contributed by atoms with Crippen LogP contribution in [-0.4, -0.2) is 19.6 Å². The smallest absolute Gasteiger partial charge is 0.0366 e. The molecule has 2 rings (SSSR count). The second-order valence-electron chi connectivity index (χ2n) is 4.85. The first-order chi connectivity index (χ1) is 8.90. The fraction of sp³-hybridized carbons (Fsp3) is 0.500. The third-order valence-electron chi connectivity index (χ3n) is 3.41. The lowest BCUT2D eigenvalue weighted by atomic mass is 10.2. The molecule has 1 aromatic rings. The van der Waals surface area contributed by atoms with Crippen LogP contribution in [0.2, 0.25) is 0 Å². The van der Waals surface area contributed by atoms with E-state index in [1.807, 2.05) is 0 Å². The van der Waals surface area contributed by atoms with Crippen molar-refractivity contribution >= 4 is 5.69 Å². The van der Waals surface area contributed by atoms with Gasteiger partial charge in [0.25, 0.3) is 0 Å². The Balaban J connectivity index is 1.75. The Morgan fingerprint density at radius 2 is 1.89 bits per heavy atom. The highest BCUT2D eigenvalue weighted by Gasteiger charge is 2.11. The topological polar surface area (TPSA) is 15.3 Å². The molecule has 18 heavy (non-hydrogen) atoms. The minimum atomic E-state index is 0.862. The van der Waals surface area contributed by atoms with Crippen LogP contribution >= 0.6 is 0 Å². The van der Waals surface area contributed by atoms with E-state index >= 15 is 0 Å². The van der Waals surface area contributed by atoms with E-state index < -0.39 is 0 Å². The van der Waals surface area contributed by atoms with Crippen molar-refractivity contribution in [2.75, 3.05) is 24.5 Å². The number of hydrogen-bond acceptors (Lipinski definition) is 2. The fourth-order valence-corrected chi connectivity index (χ4v) is 2.35. The van der Waals surface area contributed by atoms with Gasteiger partial charge in [-0.15, -0.1) is 12.3 Å². The van der Waals surface area contributed by atoms with Crippen LogP contribution in [0.5, 0.6) is 0 Å². The van der Waals surface area contributed by atoms with Gasteiger partial charge in [-0.1, -0.05) is 12.1 Å². The zero-order chi connectivity index (χ0) is 12.6. The number of anilines is 1. The summed E-state index contributed by atoms with van der Waals surface area (Å²) in [4.78, 5) is 2.46. The molecule has 2 nitrogen and oxygen atoms in total. The first-order valence-corrected chi connectivity index (χ1v) is 6.88. The Kier molecular flexibility index (Phi) is 5.11. The van der Waals surface area contributed by atoms with Crippen molar-refractivity contribution in [3.8, 4) is 12.3 Å². The molecule has 1 aliphatic heterocycles. The zero-order valence-corrected chi connectivity index (χ0v) is 11.0. The summed E-state index contributed by atoms with van der Waals surface area (Å²) in [6.45, 7) is 4.36. The normalized spacial score (nSPS) is 14.7. The molecule has 1 fully saturated rings. The second kappa shape index (κ2) is 7.08. The van der Waals surface area contributed by atoms with Crippen molar-refractivity contribution in [2.45, 2.75) is 32.2 Å². The highest BCUT2D eigenvalue weighted by Crippen LogP contribution is 2.20. The number of benzene rings is 1. The van der Waals surface area contributed by atoms with Gasteiger partial charge in [0, 0.05) is 31.7 Å². The molecule has 0 atom stereocenters. The quantitative estimate of drug-likeness (QED) is 0.609. The van der Waals surface area contributed by atoms with E-state index in [1.54, 1.807) is 0 Å². The molecule has 2 heteroatoms. The van der Waals surface area contributed by atoms with Crippen molar-refractivity contribution in [1.29, 1.82) is 0 Å². The van der Waals surface area contributed by atoms with Gasteiger partial charge in [0.2, 0.25) is 0 Å². The molecule has 0 radical (unpaired) electrons. The second-order valence-corrected chi connectivity index (χ2v) is 4.85. The maximum absolute atomic E-state index is 5.22. The molecule has 1 aromatic carbocycles. The van der Waals surface area contributed by atoms with Crippen molar-refractivity contribution in [3.05, 3.63) is 29.8 Å². The van der Waals surface area contributed by atoms with Crippen LogP contribution in [0.1, 0.15) is 31.2 Å². The van der Waals surface area contributed by atoms with E-state index in [0.717, 1.165) is 25.9 Å². The number of unbranched alkanes of at least 4 members (excludes halogenated alkanes) is 1. The minimum absolute atomic E-state index is 0.862. The van der Waals surface area contributed by atoms with E-state index in [4.69, 9.17) is 6.42 Å². The monoisotopic (exact) mass is 242 g/mol. The fourth-order valence-electron chi connectivity index (χ4n) is 2.35. The number of hydrogen-bond donors (Lipinski definition) is 1. The van der Waals surface area contributed by atoms with Crippen molar-refractivity contribution in [3.63, 3.8) is 0 Å². The number of rotatable bonds is 6. The van der Waals surface area contributed by atoms with Crippen molar-refractivity contribution in [2.24, 2.45) is 0 Å². The van der Waals surface area contributed by atoms with Crippen LogP contribution in [0, 0.1) is 12.3 Å². The largest absolute Gasteiger partial charge is 0.372 e. The van der Waals surface area contributed by atoms with Gasteiger partial charge in [0.15, 0.2) is 0 Å². The highest BCUT2D eigenvalue weighted by molar-refractivity contribution is 5.48. The maximum atomic E-state index is 5.22. The molecular weight excluding hydrogens is 220 g/mol. The number of nitrogens with zero attached hydrogens (tertiary/aromatic N) is 1. The van der Waals surface area contributed by atoms with Gasteiger partial charge < -0.3 is 10.2 Å². The van der Waals surface area contributed by atoms with E-state index in [1.165, 1.54) is 37.2 Å². The predicted molar refractivity (Wildman–Crippen MR) is 77.7 cm³/mol. The lowest BCUT2D eigenvalue weighted by molar-refractivity contribution is 0.659. The Hall–Kier alpha value is -1.46. The standard InChI is InChI=1S/C16H22N2/c1-2-3-4-11-17-14-15-7-9-16(10-8-15)18-12-5-6-13-18/h1,7-10,17H,3-6,11-14H2. The molecule has 1 saturated heterocycles. The van der Waals surface area contributed by atoms with Gasteiger partial charge in [-0.2, -0.15) is 0 Å². The summed E-state index contributed by atoms with van der Waals surface area (Å²) in [7, 11) is 0. The van der Waals surface area contributed by atoms with Gasteiger partial charge in [0.05, 0.1) is 0 Å². The molecule has 0 saturated carbocycles. The van der Waals surface area contributed by atoms with Crippen LogP contribution < -0.4 is 10.2 Å². The van der Waals surface area contributed by atoms with E-state index in [9.17, 15) is 0 Å². The average Bonchev–Trinajstić information content (AvgIpc) is 2.93. The van der Waals surface area contributed by atoms with Crippen LogP contribution in [0.15, 0.2) is 24.3 Å². The summed E-state index contributed by atoms with van der Waals surface area (Å²) in [6, 6.07) is 8.93. The third-order valence-corrected chi connectivity index (χ3v) is 3.41. The molecule has 0 aliphatic carbocycles. The van der Waals surface area contributed by atoms with Crippen LogP contribution in [0.3, 0.4) is 0 Å². The predicted octanol–water partition coefficient (Wildman–Crippen LogP) is 2.79. The Labute approximate surface area is 110 Å². The summed E-state index contributed by atoms with van der Waals surface area (Å²) >= 11 is 0. The summed E-state index contributed by atoms with van der Waals surface area (Å²) in [5.74, 6) is 2.66. The van der Waals surface area contributed by atoms with Crippen LogP contribution in [-0.2, 0) is 6.54 Å². The van der Waals surface area contributed by atoms with E-state index in [2.05, 4.69) is 40.4 Å². The van der Waals surface area contributed by atoms with Gasteiger partial charge in [0.1, 0.15) is 0 Å². The van der Waals surface area contributed by atoms with E-state index in [-0.39, 0.29) is 0 Å². The van der Waals surface area contributed by atoms with Gasteiger partial charge in [-0.25, -0.2) is 0 Å². The lowest BCUT2D eigenvalue weighted by Crippen LogP contribution is -2.18. The molecule has 0 aromatic heterocycles. The summed E-state index contributed by atoms with van der Waals surface area (Å²) in [5, 5.41) is 3.42. The Morgan fingerprint density at radius 1 is 1.17 bits per heavy atom. The highest BCUT2D eigenvalue weighted by atomic mass is 15.1. The number of terminal acetylenes is 1. The first kappa shape index (κ1) is 13.0. The van der Waals surface area contributed by atoms with E-state index in [0.29, 0.717) is 0 Å². The molecule has 0 amide bonds. The van der Waals surface area contributed by atoms with Crippen molar-refractivity contribution in [1.82, 2.24) is 5.32 Å². The maximum Gasteiger partial charge on any atom is 0.0366 e. The average molecular weight is 242 g/mol. The Bertz CT molecular complexity index is 383. The van der Waals surface area contributed by atoms with Crippen LogP contribution in [0.4, 0.5) is 5.69 Å². The molecule has 1 aliphatic rings. The SMILES string of the molecule is C#CCCCNCc1ccc(N2CCCC2)cc1. The summed E-state index contributed by atoms with van der Waals surface area (Å²) < 4.78 is 0. The molecule has 0 spiro atoms. The number of nitrogens with one attached hydrogen (secondary N) is 1. The zero-order valence-electron chi connectivity index (χ0n) is 11.0. The molecule has 96 valence electrons. The molecule has 0 bridgehead atoms.